The Morgan fingerprint density at radius 2 is 1.77 bits per heavy atom. The number of aryl methyl sites for hydroxylation is 2. The number of hydrogen-bond donors (Lipinski definition) is 3. The summed E-state index contributed by atoms with van der Waals surface area (Å²) in [5.41, 5.74) is 12.6. The second kappa shape index (κ2) is 13.6. The van der Waals surface area contributed by atoms with Crippen LogP contribution in [-0.2, 0) is 31.7 Å². The van der Waals surface area contributed by atoms with E-state index in [0.29, 0.717) is 40.6 Å². The average molecular weight is 668 g/mol. The maximum absolute atomic E-state index is 13.1. The Morgan fingerprint density at radius 3 is 2.48 bits per heavy atom. The summed E-state index contributed by atoms with van der Waals surface area (Å²) in [5.74, 6) is 1.18. The van der Waals surface area contributed by atoms with E-state index in [4.69, 9.17) is 27.1 Å². The summed E-state index contributed by atoms with van der Waals surface area (Å²) in [6.07, 6.45) is 6.23. The maximum Gasteiger partial charge on any atom is 0.330 e. The highest BCUT2D eigenvalue weighted by atomic mass is 35.5. The molecule has 1 aliphatic carbocycles. The van der Waals surface area contributed by atoms with Crippen LogP contribution < -0.4 is 32.4 Å². The van der Waals surface area contributed by atoms with E-state index in [-0.39, 0.29) is 11.9 Å². The zero-order chi connectivity index (χ0) is 34.1. The van der Waals surface area contributed by atoms with E-state index in [9.17, 15) is 14.4 Å². The topological polar surface area (TPSA) is 146 Å². The molecule has 7 rings (SSSR count). The molecule has 2 aromatic carbocycles. The lowest BCUT2D eigenvalue weighted by atomic mass is 9.96. The van der Waals surface area contributed by atoms with Crippen LogP contribution in [0.4, 0.5) is 11.5 Å². The van der Waals surface area contributed by atoms with Crippen molar-refractivity contribution in [2.45, 2.75) is 45.1 Å². The van der Waals surface area contributed by atoms with E-state index < -0.39 is 11.2 Å². The number of carbonyl (C=O) groups is 1. The SMILES string of the molecule is COc1nc(-c2cccc(-c3cccc(Nc4nccc5c4c(=O)n(C)c(=O)n5C)c3C)c2Cl)cc2c1CCC2.NCC1CCC(=O)N1. The first-order valence-electron chi connectivity index (χ1n) is 15.9. The largest absolute Gasteiger partial charge is 0.481 e. The van der Waals surface area contributed by atoms with Crippen molar-refractivity contribution in [3.8, 4) is 28.3 Å². The number of hydrogen-bond acceptors (Lipinski definition) is 8. The highest BCUT2D eigenvalue weighted by Crippen LogP contribution is 2.41. The molecule has 0 spiro atoms. The summed E-state index contributed by atoms with van der Waals surface area (Å²) in [6.45, 7) is 2.57. The van der Waals surface area contributed by atoms with Crippen LogP contribution in [0.5, 0.6) is 5.88 Å². The molecule has 48 heavy (non-hydrogen) atoms. The van der Waals surface area contributed by atoms with Crippen molar-refractivity contribution in [1.82, 2.24) is 24.4 Å². The molecule has 0 saturated carbocycles. The standard InChI is InChI=1S/C31H28ClN5O3.C5H10N2O/c1-17-19(21-11-6-12-22(27(21)32)24-16-18-8-5-10-20(18)29(35-24)40-4)9-7-13-23(17)34-28-26-25(14-15-33-28)36(2)31(39)37(3)30(26)38;6-3-4-1-2-5(8)7-4/h6-7,9,11-16H,5,8,10H2,1-4H3,(H,33,34);4H,1-3,6H2,(H,7,8). The van der Waals surface area contributed by atoms with E-state index in [1.54, 1.807) is 26.4 Å². The van der Waals surface area contributed by atoms with Crippen LogP contribution in [0.3, 0.4) is 0 Å². The Labute approximate surface area is 282 Å². The molecule has 248 valence electrons. The minimum atomic E-state index is -0.407. The molecule has 5 aromatic rings. The lowest BCUT2D eigenvalue weighted by Gasteiger charge is -2.17. The predicted octanol–water partition coefficient (Wildman–Crippen LogP) is 4.79. The van der Waals surface area contributed by atoms with Gasteiger partial charge in [0.25, 0.3) is 5.56 Å². The molecule has 0 bridgehead atoms. The number of ether oxygens (including phenoxy) is 1. The molecule has 1 amide bonds. The maximum atomic E-state index is 13.1. The molecule has 4 heterocycles. The van der Waals surface area contributed by atoms with Crippen molar-refractivity contribution in [3.63, 3.8) is 0 Å². The van der Waals surface area contributed by atoms with Gasteiger partial charge in [-0.2, -0.15) is 0 Å². The molecule has 1 aliphatic heterocycles. The Kier molecular flexibility index (Phi) is 9.34. The molecule has 2 aliphatic rings. The number of rotatable bonds is 6. The zero-order valence-corrected chi connectivity index (χ0v) is 28.1. The number of fused-ring (bicyclic) bond motifs is 2. The Bertz CT molecular complexity index is 2180. The fourth-order valence-corrected chi connectivity index (χ4v) is 6.78. The van der Waals surface area contributed by atoms with Crippen LogP contribution in [0, 0.1) is 6.92 Å². The lowest BCUT2D eigenvalue weighted by Crippen LogP contribution is -2.37. The fourth-order valence-electron chi connectivity index (χ4n) is 6.45. The minimum absolute atomic E-state index is 0.139. The Balaban J connectivity index is 0.000000441. The van der Waals surface area contributed by atoms with E-state index in [1.807, 2.05) is 43.3 Å². The van der Waals surface area contributed by atoms with Crippen molar-refractivity contribution >= 4 is 39.9 Å². The van der Waals surface area contributed by atoms with Gasteiger partial charge in [-0.1, -0.05) is 41.9 Å². The molecular weight excluding hydrogens is 630 g/mol. The van der Waals surface area contributed by atoms with Crippen molar-refractivity contribution in [1.29, 1.82) is 0 Å². The van der Waals surface area contributed by atoms with E-state index in [1.165, 1.54) is 22.7 Å². The first-order chi connectivity index (χ1) is 23.1. The third-order valence-electron chi connectivity index (χ3n) is 9.15. The number of nitrogens with two attached hydrogens (primary N) is 1. The van der Waals surface area contributed by atoms with Gasteiger partial charge in [0.1, 0.15) is 11.2 Å². The molecule has 3 aromatic heterocycles. The quantitative estimate of drug-likeness (QED) is 0.234. The highest BCUT2D eigenvalue weighted by molar-refractivity contribution is 6.36. The Morgan fingerprint density at radius 1 is 1.02 bits per heavy atom. The van der Waals surface area contributed by atoms with Gasteiger partial charge in [-0.3, -0.25) is 18.7 Å². The molecule has 1 fully saturated rings. The summed E-state index contributed by atoms with van der Waals surface area (Å²) in [7, 11) is 4.76. The fraction of sp³-hybridized carbons (Fsp3) is 0.306. The zero-order valence-electron chi connectivity index (χ0n) is 27.4. The van der Waals surface area contributed by atoms with Crippen LogP contribution in [0.1, 0.15) is 36.0 Å². The van der Waals surface area contributed by atoms with Gasteiger partial charge in [0, 0.05) is 61.7 Å². The minimum Gasteiger partial charge on any atom is -0.481 e. The molecular formula is C36H38ClN7O4. The Hall–Kier alpha value is -5.00. The number of methoxy groups -OCH3 is 1. The van der Waals surface area contributed by atoms with Crippen LogP contribution in [0.15, 0.2) is 64.3 Å². The summed E-state index contributed by atoms with van der Waals surface area (Å²) < 4.78 is 8.15. The molecule has 1 atom stereocenters. The van der Waals surface area contributed by atoms with Crippen LogP contribution in [0.2, 0.25) is 5.02 Å². The van der Waals surface area contributed by atoms with Gasteiger partial charge in [-0.25, -0.2) is 14.8 Å². The number of carbonyl (C=O) groups excluding carboxylic acids is 1. The smallest absolute Gasteiger partial charge is 0.330 e. The summed E-state index contributed by atoms with van der Waals surface area (Å²) >= 11 is 7.07. The molecule has 1 saturated heterocycles. The third kappa shape index (κ3) is 6.07. The number of anilines is 2. The number of pyridine rings is 2. The molecule has 12 heteroatoms. The number of amides is 1. The third-order valence-corrected chi connectivity index (χ3v) is 9.56. The first-order valence-corrected chi connectivity index (χ1v) is 16.3. The van der Waals surface area contributed by atoms with Gasteiger partial charge in [0.2, 0.25) is 11.8 Å². The van der Waals surface area contributed by atoms with Gasteiger partial charge < -0.3 is 21.1 Å². The van der Waals surface area contributed by atoms with Gasteiger partial charge >= 0.3 is 5.69 Å². The number of nitrogens with one attached hydrogen (secondary N) is 2. The van der Waals surface area contributed by atoms with E-state index >= 15 is 0 Å². The van der Waals surface area contributed by atoms with Crippen LogP contribution in [0.25, 0.3) is 33.3 Å². The van der Waals surface area contributed by atoms with Gasteiger partial charge in [0.15, 0.2) is 0 Å². The predicted molar refractivity (Wildman–Crippen MR) is 189 cm³/mol. The molecule has 4 N–H and O–H groups in total. The van der Waals surface area contributed by atoms with Gasteiger partial charge in [-0.15, -0.1) is 0 Å². The van der Waals surface area contributed by atoms with E-state index in [0.717, 1.165) is 63.9 Å². The lowest BCUT2D eigenvalue weighted by molar-refractivity contribution is -0.119. The van der Waals surface area contributed by atoms with Crippen molar-refractivity contribution < 1.29 is 9.53 Å². The average Bonchev–Trinajstić information content (AvgIpc) is 3.76. The summed E-state index contributed by atoms with van der Waals surface area (Å²) in [4.78, 5) is 45.2. The number of nitrogens with zero attached hydrogens (tertiary/aromatic N) is 4. The van der Waals surface area contributed by atoms with Crippen LogP contribution >= 0.6 is 11.6 Å². The van der Waals surface area contributed by atoms with Crippen molar-refractivity contribution in [2.75, 3.05) is 19.0 Å². The van der Waals surface area contributed by atoms with Crippen molar-refractivity contribution in [2.24, 2.45) is 19.8 Å². The second-order valence-corrected chi connectivity index (χ2v) is 12.5. The first kappa shape index (κ1) is 32.9. The van der Waals surface area contributed by atoms with Crippen molar-refractivity contribution in [3.05, 3.63) is 97.3 Å². The summed E-state index contributed by atoms with van der Waals surface area (Å²) in [6, 6.07) is 15.9. The van der Waals surface area contributed by atoms with Crippen LogP contribution in [-0.4, -0.2) is 44.7 Å². The highest BCUT2D eigenvalue weighted by Gasteiger charge is 2.22. The van der Waals surface area contributed by atoms with Gasteiger partial charge in [-0.05, 0) is 67.5 Å². The number of halogens is 1. The second-order valence-electron chi connectivity index (χ2n) is 12.1. The number of benzene rings is 2. The molecule has 1 unspecified atom stereocenters. The van der Waals surface area contributed by atoms with E-state index in [2.05, 4.69) is 21.7 Å². The van der Waals surface area contributed by atoms with Gasteiger partial charge in [0.05, 0.1) is 23.3 Å². The number of aromatic nitrogens is 4. The molecule has 0 radical (unpaired) electrons. The monoisotopic (exact) mass is 667 g/mol. The summed E-state index contributed by atoms with van der Waals surface area (Å²) in [5, 5.41) is 7.02. The molecule has 11 nitrogen and oxygen atoms in total. The normalized spacial score (nSPS) is 15.1.